The molecule has 2 amide bonds. The topological polar surface area (TPSA) is 221 Å². The van der Waals surface area contributed by atoms with Crippen LogP contribution < -0.4 is 51.7 Å². The van der Waals surface area contributed by atoms with Gasteiger partial charge < -0.3 is 59.1 Å². The predicted molar refractivity (Wildman–Crippen MR) is 293 cm³/mol. The number of benzene rings is 2. The zero-order chi connectivity index (χ0) is 51.9. The molecule has 0 radical (unpaired) electrons. The number of carbonyl (C=O) groups is 2. The standard InChI is InChI=1S/C50H59Cl2IN12O8/c1-7-34-23-63(50-57-22-38(52)46(61-50)59-33-9-11-39-30(16-33)18-41(71-26-43(66)54-6)47(68)64(39)28(2)3)24-35(73-34)12-13-55-44(67)27-72-42-19-31-17-32(8-10-40(31)65(29(4)5)48(42)69)58-45-37(51)21-56-49(60-45)62-14-15-70-36(20-53)25-62/h8-11,16-19,21-22,28-29,34-36H,7,12-15,20,23-27H2,1-6H3,(H,54,66)(H,55,67)(H,56,58,60)(H,57,59,61). The lowest BCUT2D eigenvalue weighted by Gasteiger charge is -2.38. The van der Waals surface area contributed by atoms with E-state index < -0.39 is 5.91 Å². The van der Waals surface area contributed by atoms with Crippen LogP contribution in [0.4, 0.5) is 34.9 Å². The third kappa shape index (κ3) is 12.7. The van der Waals surface area contributed by atoms with Crippen molar-refractivity contribution in [3.8, 4) is 11.5 Å². The van der Waals surface area contributed by atoms with Crippen LogP contribution in [0.25, 0.3) is 21.8 Å². The van der Waals surface area contributed by atoms with Gasteiger partial charge in [-0.3, -0.25) is 19.2 Å². The molecule has 2 saturated heterocycles. The van der Waals surface area contributed by atoms with Crippen molar-refractivity contribution in [1.82, 2.24) is 39.7 Å². The van der Waals surface area contributed by atoms with Crippen molar-refractivity contribution < 1.29 is 28.5 Å². The minimum atomic E-state index is -0.393. The highest BCUT2D eigenvalue weighted by Gasteiger charge is 2.29. The van der Waals surface area contributed by atoms with Crippen molar-refractivity contribution in [3.63, 3.8) is 0 Å². The van der Waals surface area contributed by atoms with Gasteiger partial charge in [0, 0.05) is 78.4 Å². The van der Waals surface area contributed by atoms with E-state index in [2.05, 4.69) is 58.7 Å². The van der Waals surface area contributed by atoms with Gasteiger partial charge in [-0.2, -0.15) is 9.97 Å². The number of nitrogens with zero attached hydrogens (tertiary/aromatic N) is 8. The summed E-state index contributed by atoms with van der Waals surface area (Å²) in [5.41, 5.74) is 2.04. The number of morpholine rings is 2. The normalized spacial score (nSPS) is 17.1. The molecule has 8 rings (SSSR count). The van der Waals surface area contributed by atoms with Crippen LogP contribution in [0.5, 0.6) is 11.5 Å². The Labute approximate surface area is 445 Å². The van der Waals surface area contributed by atoms with Crippen LogP contribution in [0.2, 0.25) is 10.0 Å². The molecule has 6 heterocycles. The minimum Gasteiger partial charge on any atom is -0.478 e. The van der Waals surface area contributed by atoms with E-state index in [1.807, 2.05) is 75.9 Å². The van der Waals surface area contributed by atoms with Crippen LogP contribution in [0.3, 0.4) is 0 Å². The Hall–Kier alpha value is -6.01. The molecule has 3 atom stereocenters. The van der Waals surface area contributed by atoms with Gasteiger partial charge in [0.25, 0.3) is 22.9 Å². The fourth-order valence-corrected chi connectivity index (χ4v) is 9.56. The van der Waals surface area contributed by atoms with Crippen LogP contribution in [0, 0.1) is 0 Å². The summed E-state index contributed by atoms with van der Waals surface area (Å²) in [5, 5.41) is 14.1. The Balaban J connectivity index is 0.901. The van der Waals surface area contributed by atoms with E-state index in [1.54, 1.807) is 33.7 Å². The fraction of sp³-hybridized carbons (Fsp3) is 0.440. The Morgan fingerprint density at radius 2 is 1.27 bits per heavy atom. The highest BCUT2D eigenvalue weighted by molar-refractivity contribution is 14.1. The molecule has 4 N–H and O–H groups in total. The summed E-state index contributed by atoms with van der Waals surface area (Å²) in [6.45, 7) is 12.2. The Morgan fingerprint density at radius 1 is 0.753 bits per heavy atom. The van der Waals surface area contributed by atoms with Crippen molar-refractivity contribution in [2.45, 2.75) is 77.9 Å². The van der Waals surface area contributed by atoms with Crippen LogP contribution in [0.15, 0.2) is 70.5 Å². The summed E-state index contributed by atoms with van der Waals surface area (Å²) < 4.78 is 27.9. The monoisotopic (exact) mass is 1150 g/mol. The molecule has 23 heteroatoms. The average Bonchev–Trinajstić information content (AvgIpc) is 3.38. The first-order chi connectivity index (χ1) is 35.1. The zero-order valence-corrected chi connectivity index (χ0v) is 45.1. The molecule has 2 fully saturated rings. The number of hydrogen-bond donors (Lipinski definition) is 4. The lowest BCUT2D eigenvalue weighted by Crippen LogP contribution is -2.49. The van der Waals surface area contributed by atoms with Gasteiger partial charge in [-0.05, 0) is 89.1 Å². The number of ether oxygens (including phenoxy) is 4. The first-order valence-corrected chi connectivity index (χ1v) is 26.4. The third-order valence-corrected chi connectivity index (χ3v) is 13.9. The first-order valence-electron chi connectivity index (χ1n) is 24.2. The predicted octanol–water partition coefficient (Wildman–Crippen LogP) is 7.19. The summed E-state index contributed by atoms with van der Waals surface area (Å²) in [7, 11) is 1.50. The van der Waals surface area contributed by atoms with E-state index in [4.69, 9.17) is 52.1 Å². The number of rotatable bonds is 19. The summed E-state index contributed by atoms with van der Waals surface area (Å²) in [4.78, 5) is 75.0. The molecule has 388 valence electrons. The van der Waals surface area contributed by atoms with Gasteiger partial charge in [0.1, 0.15) is 10.0 Å². The maximum absolute atomic E-state index is 13.8. The van der Waals surface area contributed by atoms with E-state index in [0.717, 1.165) is 10.8 Å². The second-order valence-corrected chi connectivity index (χ2v) is 20.0. The molecule has 2 aliphatic heterocycles. The number of likely N-dealkylation sites (N-methyl/N-ethyl adjacent to an activating group) is 1. The van der Waals surface area contributed by atoms with Gasteiger partial charge in [-0.15, -0.1) is 0 Å². The van der Waals surface area contributed by atoms with Gasteiger partial charge in [0.2, 0.25) is 11.9 Å². The maximum Gasteiger partial charge on any atom is 0.293 e. The van der Waals surface area contributed by atoms with Crippen LogP contribution in [-0.4, -0.2) is 123 Å². The van der Waals surface area contributed by atoms with Crippen LogP contribution in [0.1, 0.15) is 59.5 Å². The molecular formula is C50H59Cl2IN12O8. The number of pyridine rings is 2. The number of alkyl halides is 1. The SMILES string of the molecule is CCC1CN(c2ncc(Cl)c(Nc3ccc4c(c3)cc(OCC(=O)NC)c(=O)n4C(C)C)n2)CC(CCNC(=O)COc2cc3cc(Nc4nc(N5CCOC(CI)C5)ncc4Cl)ccc3n(C(C)C)c2=O)O1. The van der Waals surface area contributed by atoms with Crippen molar-refractivity contribution >= 4 is 114 Å². The van der Waals surface area contributed by atoms with Gasteiger partial charge in [-0.1, -0.05) is 52.7 Å². The second-order valence-electron chi connectivity index (χ2n) is 18.3. The Bertz CT molecular complexity index is 3110. The summed E-state index contributed by atoms with van der Waals surface area (Å²) in [5.74, 6) is 1.16. The van der Waals surface area contributed by atoms with Gasteiger partial charge in [-0.25, -0.2) is 9.97 Å². The number of hydrogen-bond acceptors (Lipinski definition) is 16. The summed E-state index contributed by atoms with van der Waals surface area (Å²) in [6.07, 6.45) is 4.03. The number of halogens is 3. The van der Waals surface area contributed by atoms with Crippen LogP contribution in [-0.2, 0) is 19.1 Å². The molecule has 73 heavy (non-hydrogen) atoms. The molecule has 2 aromatic carbocycles. The highest BCUT2D eigenvalue weighted by Crippen LogP contribution is 2.32. The molecule has 0 saturated carbocycles. The van der Waals surface area contributed by atoms with E-state index in [-0.39, 0.29) is 78.7 Å². The maximum atomic E-state index is 13.8. The van der Waals surface area contributed by atoms with Crippen molar-refractivity contribution in [2.24, 2.45) is 0 Å². The van der Waals surface area contributed by atoms with E-state index in [9.17, 15) is 19.2 Å². The molecule has 0 spiro atoms. The number of fused-ring (bicyclic) bond motifs is 2. The van der Waals surface area contributed by atoms with Gasteiger partial charge in [0.05, 0.1) is 48.3 Å². The Morgan fingerprint density at radius 3 is 1.79 bits per heavy atom. The van der Waals surface area contributed by atoms with E-state index in [0.29, 0.717) is 106 Å². The number of anilines is 6. The van der Waals surface area contributed by atoms with Gasteiger partial charge >= 0.3 is 0 Å². The summed E-state index contributed by atoms with van der Waals surface area (Å²) in [6, 6.07) is 14.0. The lowest BCUT2D eigenvalue weighted by atomic mass is 10.1. The van der Waals surface area contributed by atoms with Crippen molar-refractivity contribution in [1.29, 1.82) is 0 Å². The molecule has 3 unspecified atom stereocenters. The fourth-order valence-electron chi connectivity index (χ4n) is 8.75. The quantitative estimate of drug-likeness (QED) is 0.0466. The molecular weight excluding hydrogens is 1090 g/mol. The lowest BCUT2D eigenvalue weighted by molar-refractivity contribution is -0.123. The van der Waals surface area contributed by atoms with Crippen molar-refractivity contribution in [3.05, 3.63) is 91.7 Å². The molecule has 2 aliphatic rings. The molecule has 0 bridgehead atoms. The third-order valence-electron chi connectivity index (χ3n) is 12.4. The van der Waals surface area contributed by atoms with Crippen LogP contribution >= 0.6 is 45.8 Å². The van der Waals surface area contributed by atoms with Gasteiger partial charge in [0.15, 0.2) is 36.3 Å². The molecule has 20 nitrogen and oxygen atoms in total. The molecule has 4 aromatic heterocycles. The zero-order valence-electron chi connectivity index (χ0n) is 41.4. The molecule has 6 aromatic rings. The number of aromatic nitrogens is 6. The molecule has 0 aliphatic carbocycles. The highest BCUT2D eigenvalue weighted by atomic mass is 127. The Kier molecular flexibility index (Phi) is 17.4. The minimum absolute atomic E-state index is 0.0396. The number of carbonyl (C=O) groups excluding carboxylic acids is 2. The van der Waals surface area contributed by atoms with E-state index >= 15 is 0 Å². The van der Waals surface area contributed by atoms with Crippen molar-refractivity contribution in [2.75, 3.05) is 84.5 Å². The van der Waals surface area contributed by atoms with E-state index in [1.165, 1.54) is 7.05 Å². The number of nitrogens with one attached hydrogen (secondary N) is 4. The first kappa shape index (κ1) is 53.3. The second kappa shape index (κ2) is 23.9. The number of amides is 2. The average molecular weight is 1150 g/mol. The summed E-state index contributed by atoms with van der Waals surface area (Å²) >= 11 is 15.5. The smallest absolute Gasteiger partial charge is 0.293 e. The largest absolute Gasteiger partial charge is 0.478 e.